The number of allylic oxidation sites excluding steroid dienone is 1. The van der Waals surface area contributed by atoms with Crippen LogP contribution in [0.15, 0.2) is 30.5 Å². The van der Waals surface area contributed by atoms with Gasteiger partial charge >= 0.3 is 0 Å². The molecule has 15 heavy (non-hydrogen) atoms. The van der Waals surface area contributed by atoms with Gasteiger partial charge in [0.05, 0.1) is 7.11 Å². The van der Waals surface area contributed by atoms with Crippen LogP contribution in [0.1, 0.15) is 22.8 Å². The van der Waals surface area contributed by atoms with Gasteiger partial charge in [0.15, 0.2) is 0 Å². The van der Waals surface area contributed by atoms with Crippen molar-refractivity contribution >= 4 is 5.91 Å². The van der Waals surface area contributed by atoms with Crippen molar-refractivity contribution in [1.29, 1.82) is 0 Å². The van der Waals surface area contributed by atoms with Gasteiger partial charge in [0.25, 0.3) is 5.91 Å². The van der Waals surface area contributed by atoms with E-state index in [-0.39, 0.29) is 5.91 Å². The van der Waals surface area contributed by atoms with Crippen LogP contribution in [0.5, 0.6) is 5.75 Å². The largest absolute Gasteiger partial charge is 0.497 e. The maximum Gasteiger partial charge on any atom is 0.255 e. The Kier molecular flexibility index (Phi) is 3.50. The molecule has 3 nitrogen and oxygen atoms in total. The van der Waals surface area contributed by atoms with Crippen LogP contribution in [-0.2, 0) is 0 Å². The van der Waals surface area contributed by atoms with Gasteiger partial charge in [-0.3, -0.25) is 4.79 Å². The Labute approximate surface area is 89.8 Å². The molecule has 0 bridgehead atoms. The van der Waals surface area contributed by atoms with E-state index in [0.29, 0.717) is 17.0 Å². The number of hydrogen-bond donors (Lipinski definition) is 1. The van der Waals surface area contributed by atoms with Gasteiger partial charge in [0.1, 0.15) is 5.75 Å². The molecule has 0 spiro atoms. The van der Waals surface area contributed by atoms with E-state index in [1.54, 1.807) is 20.1 Å². The summed E-state index contributed by atoms with van der Waals surface area (Å²) in [7, 11) is 1.57. The van der Waals surface area contributed by atoms with Crippen molar-refractivity contribution in [2.45, 2.75) is 13.8 Å². The standard InChI is InChI=1S/C12H15NO2/c1-8(2)13-12(14)11-7-10(15-4)6-5-9(11)3/h5-7H,1H2,2-4H3,(H,13,14). The van der Waals surface area contributed by atoms with E-state index in [9.17, 15) is 4.79 Å². The summed E-state index contributed by atoms with van der Waals surface area (Å²) >= 11 is 0. The minimum atomic E-state index is -0.154. The summed E-state index contributed by atoms with van der Waals surface area (Å²) in [6.45, 7) is 7.25. The van der Waals surface area contributed by atoms with Crippen molar-refractivity contribution in [2.24, 2.45) is 0 Å². The first-order valence-electron chi connectivity index (χ1n) is 4.66. The predicted molar refractivity (Wildman–Crippen MR) is 60.0 cm³/mol. The smallest absolute Gasteiger partial charge is 0.255 e. The summed E-state index contributed by atoms with van der Waals surface area (Å²) < 4.78 is 5.06. The molecule has 0 aromatic heterocycles. The van der Waals surface area contributed by atoms with Crippen molar-refractivity contribution in [3.63, 3.8) is 0 Å². The molecule has 0 radical (unpaired) electrons. The molecule has 0 unspecified atom stereocenters. The first kappa shape index (κ1) is 11.3. The van der Waals surface area contributed by atoms with Gasteiger partial charge in [-0.15, -0.1) is 0 Å². The summed E-state index contributed by atoms with van der Waals surface area (Å²) in [6, 6.07) is 5.40. The Morgan fingerprint density at radius 3 is 2.67 bits per heavy atom. The number of nitrogens with one attached hydrogen (secondary N) is 1. The van der Waals surface area contributed by atoms with Crippen LogP contribution in [0.4, 0.5) is 0 Å². The van der Waals surface area contributed by atoms with Crippen molar-refractivity contribution < 1.29 is 9.53 Å². The fourth-order valence-corrected chi connectivity index (χ4v) is 1.23. The molecule has 1 aromatic rings. The van der Waals surface area contributed by atoms with Crippen LogP contribution in [0.2, 0.25) is 0 Å². The zero-order chi connectivity index (χ0) is 11.4. The van der Waals surface area contributed by atoms with Gasteiger partial charge < -0.3 is 10.1 Å². The third-order valence-corrected chi connectivity index (χ3v) is 2.02. The number of carbonyl (C=O) groups excluding carboxylic acids is 1. The SMILES string of the molecule is C=C(C)NC(=O)c1cc(OC)ccc1C. The fourth-order valence-electron chi connectivity index (χ4n) is 1.23. The Morgan fingerprint density at radius 1 is 1.47 bits per heavy atom. The van der Waals surface area contributed by atoms with E-state index in [1.165, 1.54) is 0 Å². The van der Waals surface area contributed by atoms with E-state index < -0.39 is 0 Å². The van der Waals surface area contributed by atoms with Gasteiger partial charge in [0, 0.05) is 11.3 Å². The van der Waals surface area contributed by atoms with E-state index in [2.05, 4.69) is 11.9 Å². The number of benzene rings is 1. The lowest BCUT2D eigenvalue weighted by Gasteiger charge is -2.08. The van der Waals surface area contributed by atoms with Crippen molar-refractivity contribution in [2.75, 3.05) is 7.11 Å². The molecule has 3 heteroatoms. The van der Waals surface area contributed by atoms with Gasteiger partial charge in [0.2, 0.25) is 0 Å². The summed E-state index contributed by atoms with van der Waals surface area (Å²) in [4.78, 5) is 11.7. The van der Waals surface area contributed by atoms with Crippen LogP contribution in [-0.4, -0.2) is 13.0 Å². The zero-order valence-electron chi connectivity index (χ0n) is 9.26. The number of aryl methyl sites for hydroxylation is 1. The number of amides is 1. The Bertz CT molecular complexity index is 397. The maximum absolute atomic E-state index is 11.7. The van der Waals surface area contributed by atoms with E-state index in [0.717, 1.165) is 5.56 Å². The molecule has 1 N–H and O–H groups in total. The molecule has 0 saturated heterocycles. The average molecular weight is 205 g/mol. The first-order valence-corrected chi connectivity index (χ1v) is 4.66. The Morgan fingerprint density at radius 2 is 2.13 bits per heavy atom. The van der Waals surface area contributed by atoms with Crippen LogP contribution in [0.25, 0.3) is 0 Å². The molecule has 0 atom stereocenters. The van der Waals surface area contributed by atoms with E-state index in [1.807, 2.05) is 19.1 Å². The molecular weight excluding hydrogens is 190 g/mol. The van der Waals surface area contributed by atoms with Gasteiger partial charge in [-0.25, -0.2) is 0 Å². The minimum absolute atomic E-state index is 0.154. The monoisotopic (exact) mass is 205 g/mol. The fraction of sp³-hybridized carbons (Fsp3) is 0.250. The molecule has 0 aliphatic rings. The second kappa shape index (κ2) is 4.64. The highest BCUT2D eigenvalue weighted by Gasteiger charge is 2.09. The number of rotatable bonds is 3. The van der Waals surface area contributed by atoms with E-state index in [4.69, 9.17) is 4.74 Å². The lowest BCUT2D eigenvalue weighted by atomic mass is 10.1. The summed E-state index contributed by atoms with van der Waals surface area (Å²) in [5.74, 6) is 0.520. The molecule has 80 valence electrons. The van der Waals surface area contributed by atoms with Gasteiger partial charge in [-0.1, -0.05) is 12.6 Å². The highest BCUT2D eigenvalue weighted by atomic mass is 16.5. The second-order valence-electron chi connectivity index (χ2n) is 3.42. The highest BCUT2D eigenvalue weighted by molar-refractivity contribution is 5.96. The zero-order valence-corrected chi connectivity index (χ0v) is 9.26. The molecule has 0 heterocycles. The molecule has 1 amide bonds. The summed E-state index contributed by atoms with van der Waals surface area (Å²) in [6.07, 6.45) is 0. The Balaban J connectivity index is 3.01. The number of methoxy groups -OCH3 is 1. The lowest BCUT2D eigenvalue weighted by molar-refractivity contribution is 0.0965. The number of hydrogen-bond acceptors (Lipinski definition) is 2. The van der Waals surface area contributed by atoms with Crippen molar-refractivity contribution in [1.82, 2.24) is 5.32 Å². The third-order valence-electron chi connectivity index (χ3n) is 2.02. The van der Waals surface area contributed by atoms with Crippen LogP contribution < -0.4 is 10.1 Å². The topological polar surface area (TPSA) is 38.3 Å². The summed E-state index contributed by atoms with van der Waals surface area (Å²) in [5, 5.41) is 2.66. The first-order chi connectivity index (χ1) is 7.04. The highest BCUT2D eigenvalue weighted by Crippen LogP contribution is 2.17. The molecule has 1 aromatic carbocycles. The van der Waals surface area contributed by atoms with Gasteiger partial charge in [-0.2, -0.15) is 0 Å². The molecular formula is C12H15NO2. The molecule has 0 aliphatic carbocycles. The van der Waals surface area contributed by atoms with E-state index >= 15 is 0 Å². The minimum Gasteiger partial charge on any atom is -0.497 e. The number of ether oxygens (including phenoxy) is 1. The second-order valence-corrected chi connectivity index (χ2v) is 3.42. The number of carbonyl (C=O) groups is 1. The Hall–Kier alpha value is -1.77. The summed E-state index contributed by atoms with van der Waals surface area (Å²) in [5.41, 5.74) is 2.15. The third kappa shape index (κ3) is 2.84. The normalized spacial score (nSPS) is 9.53. The van der Waals surface area contributed by atoms with Crippen LogP contribution >= 0.6 is 0 Å². The lowest BCUT2D eigenvalue weighted by Crippen LogP contribution is -2.21. The van der Waals surface area contributed by atoms with Crippen LogP contribution in [0.3, 0.4) is 0 Å². The molecule has 1 rings (SSSR count). The predicted octanol–water partition coefficient (Wildman–Crippen LogP) is 2.27. The molecule has 0 fully saturated rings. The molecule has 0 saturated carbocycles. The van der Waals surface area contributed by atoms with Crippen molar-refractivity contribution in [3.8, 4) is 5.75 Å². The quantitative estimate of drug-likeness (QED) is 0.822. The molecule has 0 aliphatic heterocycles. The van der Waals surface area contributed by atoms with Gasteiger partial charge in [-0.05, 0) is 31.5 Å². The average Bonchev–Trinajstić information content (AvgIpc) is 2.17. The maximum atomic E-state index is 11.7. The van der Waals surface area contributed by atoms with Crippen LogP contribution in [0, 0.1) is 6.92 Å². The van der Waals surface area contributed by atoms with Crippen molar-refractivity contribution in [3.05, 3.63) is 41.6 Å².